The summed E-state index contributed by atoms with van der Waals surface area (Å²) in [5, 5.41) is 4.80. The van der Waals surface area contributed by atoms with Crippen LogP contribution in [0.1, 0.15) is 32.1 Å². The molecule has 134 valence electrons. The third-order valence-corrected chi connectivity index (χ3v) is 5.10. The molecule has 0 saturated heterocycles. The Morgan fingerprint density at radius 1 is 1.31 bits per heavy atom. The molecular formula is C18H16BrN3O3S. The van der Waals surface area contributed by atoms with Gasteiger partial charge in [0, 0.05) is 17.3 Å². The van der Waals surface area contributed by atoms with E-state index in [0.29, 0.717) is 23.5 Å². The molecular weight excluding hydrogens is 418 g/mol. The number of hydrogen-bond acceptors (Lipinski definition) is 5. The van der Waals surface area contributed by atoms with Gasteiger partial charge in [-0.05, 0) is 58.7 Å². The van der Waals surface area contributed by atoms with Gasteiger partial charge in [0.2, 0.25) is 0 Å². The number of methoxy groups -OCH3 is 1. The summed E-state index contributed by atoms with van der Waals surface area (Å²) in [7, 11) is 1.33. The zero-order chi connectivity index (χ0) is 18.7. The standard InChI is InChI=1S/C18H16BrN3O3S/c1-11-7-15(22(8-11)9-14-10-26-18(19)21-14)16(23)20-13-5-3-12(4-6-13)17(24)25-2/h3-8,10H,9H2,1-2H3,(H,20,23). The Bertz CT molecular complexity index is 947. The second kappa shape index (κ2) is 7.84. The molecule has 0 aliphatic rings. The monoisotopic (exact) mass is 433 g/mol. The lowest BCUT2D eigenvalue weighted by Crippen LogP contribution is -2.17. The maximum Gasteiger partial charge on any atom is 0.337 e. The number of aromatic nitrogens is 2. The Kier molecular flexibility index (Phi) is 5.53. The maximum absolute atomic E-state index is 12.7. The van der Waals surface area contributed by atoms with Crippen molar-refractivity contribution in [1.29, 1.82) is 0 Å². The van der Waals surface area contributed by atoms with Crippen LogP contribution in [0.2, 0.25) is 0 Å². The van der Waals surface area contributed by atoms with Crippen molar-refractivity contribution < 1.29 is 14.3 Å². The summed E-state index contributed by atoms with van der Waals surface area (Å²) in [6.07, 6.45) is 1.92. The highest BCUT2D eigenvalue weighted by Crippen LogP contribution is 2.19. The zero-order valence-corrected chi connectivity index (χ0v) is 16.6. The number of anilines is 1. The second-order valence-electron chi connectivity index (χ2n) is 5.65. The maximum atomic E-state index is 12.7. The Hall–Kier alpha value is -2.45. The van der Waals surface area contributed by atoms with Crippen molar-refractivity contribution in [3.8, 4) is 0 Å². The van der Waals surface area contributed by atoms with Gasteiger partial charge in [0.25, 0.3) is 5.91 Å². The SMILES string of the molecule is COC(=O)c1ccc(NC(=O)c2cc(C)cn2Cc2csc(Br)n2)cc1. The van der Waals surface area contributed by atoms with Crippen LogP contribution in [-0.2, 0) is 11.3 Å². The molecule has 1 N–H and O–H groups in total. The summed E-state index contributed by atoms with van der Waals surface area (Å²) in [5.41, 5.74) is 3.45. The molecule has 2 aromatic heterocycles. The number of ether oxygens (including phenoxy) is 1. The second-order valence-corrected chi connectivity index (χ2v) is 7.78. The van der Waals surface area contributed by atoms with Crippen LogP contribution in [0.15, 0.2) is 45.8 Å². The van der Waals surface area contributed by atoms with E-state index in [4.69, 9.17) is 0 Å². The molecule has 0 radical (unpaired) electrons. The fourth-order valence-corrected chi connectivity index (χ4v) is 3.55. The van der Waals surface area contributed by atoms with Crippen molar-refractivity contribution >= 4 is 44.8 Å². The van der Waals surface area contributed by atoms with Gasteiger partial charge in [-0.3, -0.25) is 4.79 Å². The number of aryl methyl sites for hydroxylation is 1. The molecule has 26 heavy (non-hydrogen) atoms. The van der Waals surface area contributed by atoms with Gasteiger partial charge in [0.15, 0.2) is 3.92 Å². The highest BCUT2D eigenvalue weighted by Gasteiger charge is 2.14. The fourth-order valence-electron chi connectivity index (χ4n) is 2.51. The highest BCUT2D eigenvalue weighted by atomic mass is 79.9. The number of rotatable bonds is 5. The van der Waals surface area contributed by atoms with Gasteiger partial charge < -0.3 is 14.6 Å². The molecule has 1 aromatic carbocycles. The van der Waals surface area contributed by atoms with E-state index in [2.05, 4.69) is 31.0 Å². The molecule has 1 amide bonds. The van der Waals surface area contributed by atoms with E-state index >= 15 is 0 Å². The molecule has 0 saturated carbocycles. The van der Waals surface area contributed by atoms with E-state index in [1.54, 1.807) is 24.3 Å². The number of amides is 1. The molecule has 0 spiro atoms. The summed E-state index contributed by atoms with van der Waals surface area (Å²) in [6.45, 7) is 2.45. The third kappa shape index (κ3) is 4.20. The number of carbonyl (C=O) groups is 2. The van der Waals surface area contributed by atoms with E-state index in [1.165, 1.54) is 18.4 Å². The minimum atomic E-state index is -0.415. The lowest BCUT2D eigenvalue weighted by atomic mass is 10.2. The minimum Gasteiger partial charge on any atom is -0.465 e. The van der Waals surface area contributed by atoms with Crippen LogP contribution in [0.5, 0.6) is 0 Å². The fraction of sp³-hybridized carbons (Fsp3) is 0.167. The quantitative estimate of drug-likeness (QED) is 0.614. The summed E-state index contributed by atoms with van der Waals surface area (Å²) in [5.74, 6) is -0.639. The number of nitrogens with one attached hydrogen (secondary N) is 1. The Balaban J connectivity index is 1.76. The van der Waals surface area contributed by atoms with Crippen molar-refractivity contribution in [2.75, 3.05) is 12.4 Å². The van der Waals surface area contributed by atoms with Gasteiger partial charge in [-0.2, -0.15) is 0 Å². The number of thiazole rings is 1. The number of esters is 1. The largest absolute Gasteiger partial charge is 0.465 e. The lowest BCUT2D eigenvalue weighted by molar-refractivity contribution is 0.0600. The number of halogens is 1. The van der Waals surface area contributed by atoms with Crippen LogP contribution in [-0.4, -0.2) is 28.5 Å². The predicted molar refractivity (Wildman–Crippen MR) is 104 cm³/mol. The minimum absolute atomic E-state index is 0.224. The molecule has 0 bridgehead atoms. The Morgan fingerprint density at radius 2 is 2.04 bits per heavy atom. The molecule has 3 aromatic rings. The van der Waals surface area contributed by atoms with Gasteiger partial charge in [-0.1, -0.05) is 0 Å². The van der Waals surface area contributed by atoms with Gasteiger partial charge >= 0.3 is 5.97 Å². The van der Waals surface area contributed by atoms with Crippen LogP contribution < -0.4 is 5.32 Å². The highest BCUT2D eigenvalue weighted by molar-refractivity contribution is 9.11. The van der Waals surface area contributed by atoms with Gasteiger partial charge in [0.1, 0.15) is 5.69 Å². The summed E-state index contributed by atoms with van der Waals surface area (Å²) in [6, 6.07) is 8.39. The van der Waals surface area contributed by atoms with E-state index in [-0.39, 0.29) is 5.91 Å². The van der Waals surface area contributed by atoms with Gasteiger partial charge in [-0.25, -0.2) is 9.78 Å². The van der Waals surface area contributed by atoms with Crippen LogP contribution in [0.4, 0.5) is 5.69 Å². The van der Waals surface area contributed by atoms with E-state index < -0.39 is 5.97 Å². The molecule has 6 nitrogen and oxygen atoms in total. The first kappa shape index (κ1) is 18.3. The topological polar surface area (TPSA) is 73.2 Å². The molecule has 0 aliphatic heterocycles. The number of hydrogen-bond donors (Lipinski definition) is 1. The average molecular weight is 434 g/mol. The van der Waals surface area contributed by atoms with E-state index in [0.717, 1.165) is 15.2 Å². The molecule has 2 heterocycles. The smallest absolute Gasteiger partial charge is 0.337 e. The lowest BCUT2D eigenvalue weighted by Gasteiger charge is -2.09. The molecule has 0 fully saturated rings. The van der Waals surface area contributed by atoms with Crippen LogP contribution in [0.3, 0.4) is 0 Å². The molecule has 0 aliphatic carbocycles. The molecule has 8 heteroatoms. The zero-order valence-electron chi connectivity index (χ0n) is 14.2. The first-order chi connectivity index (χ1) is 12.5. The summed E-state index contributed by atoms with van der Waals surface area (Å²) >= 11 is 4.86. The first-order valence-electron chi connectivity index (χ1n) is 7.72. The van der Waals surface area contributed by atoms with E-state index in [9.17, 15) is 9.59 Å². The summed E-state index contributed by atoms with van der Waals surface area (Å²) in [4.78, 5) is 28.5. The number of benzene rings is 1. The van der Waals surface area contributed by atoms with Crippen molar-refractivity contribution in [1.82, 2.24) is 9.55 Å². The van der Waals surface area contributed by atoms with Crippen LogP contribution >= 0.6 is 27.3 Å². The van der Waals surface area contributed by atoms with Crippen LogP contribution in [0, 0.1) is 6.92 Å². The number of nitrogens with zero attached hydrogens (tertiary/aromatic N) is 2. The normalized spacial score (nSPS) is 10.6. The Morgan fingerprint density at radius 3 is 2.65 bits per heavy atom. The van der Waals surface area contributed by atoms with E-state index in [1.807, 2.05) is 29.1 Å². The van der Waals surface area contributed by atoms with Crippen LogP contribution in [0.25, 0.3) is 0 Å². The van der Waals surface area contributed by atoms with Crippen molar-refractivity contribution in [3.63, 3.8) is 0 Å². The van der Waals surface area contributed by atoms with Crippen molar-refractivity contribution in [2.24, 2.45) is 0 Å². The first-order valence-corrected chi connectivity index (χ1v) is 9.40. The molecule has 3 rings (SSSR count). The van der Waals surface area contributed by atoms with Gasteiger partial charge in [0.05, 0.1) is 24.9 Å². The molecule has 0 unspecified atom stereocenters. The Labute approximate surface area is 163 Å². The molecule has 0 atom stereocenters. The predicted octanol–water partition coefficient (Wildman–Crippen LogP) is 4.10. The van der Waals surface area contributed by atoms with Gasteiger partial charge in [-0.15, -0.1) is 11.3 Å². The average Bonchev–Trinajstić information content (AvgIpc) is 3.20. The van der Waals surface area contributed by atoms with Crippen molar-refractivity contribution in [2.45, 2.75) is 13.5 Å². The van der Waals surface area contributed by atoms with Crippen molar-refractivity contribution in [3.05, 3.63) is 68.3 Å². The summed E-state index contributed by atoms with van der Waals surface area (Å²) < 4.78 is 7.35. The third-order valence-electron chi connectivity index (χ3n) is 3.69. The number of carbonyl (C=O) groups excluding carboxylic acids is 2.